The second kappa shape index (κ2) is 8.15. The van der Waals surface area contributed by atoms with E-state index in [4.69, 9.17) is 10.5 Å². The lowest BCUT2D eigenvalue weighted by Crippen LogP contribution is -2.14. The van der Waals surface area contributed by atoms with Crippen LogP contribution in [0.1, 0.15) is 34.3 Å². The molecular weight excluding hydrogens is 304 g/mol. The van der Waals surface area contributed by atoms with Crippen molar-refractivity contribution >= 4 is 17.5 Å². The zero-order valence-electron chi connectivity index (χ0n) is 14.0. The second-order valence-electron chi connectivity index (χ2n) is 5.71. The average molecular weight is 326 g/mol. The quantitative estimate of drug-likeness (QED) is 0.767. The van der Waals surface area contributed by atoms with Crippen LogP contribution in [-0.2, 0) is 4.79 Å². The first-order valence-electron chi connectivity index (χ1n) is 7.85. The minimum absolute atomic E-state index is 0.0913. The summed E-state index contributed by atoms with van der Waals surface area (Å²) >= 11 is 0. The molecule has 126 valence electrons. The Morgan fingerprint density at radius 2 is 1.79 bits per heavy atom. The molecule has 0 saturated carbocycles. The molecule has 0 saturated heterocycles. The highest BCUT2D eigenvalue weighted by atomic mass is 16.5. The predicted octanol–water partition coefficient (Wildman–Crippen LogP) is 3.20. The van der Waals surface area contributed by atoms with Gasteiger partial charge in [-0.25, -0.2) is 0 Å². The number of benzene rings is 2. The highest BCUT2D eigenvalue weighted by Crippen LogP contribution is 2.19. The third-order valence-corrected chi connectivity index (χ3v) is 3.60. The van der Waals surface area contributed by atoms with Crippen LogP contribution in [0, 0.1) is 13.8 Å². The summed E-state index contributed by atoms with van der Waals surface area (Å²) in [5, 5.41) is 2.78. The van der Waals surface area contributed by atoms with Crippen molar-refractivity contribution in [1.29, 1.82) is 0 Å². The van der Waals surface area contributed by atoms with E-state index in [0.717, 1.165) is 16.9 Å². The van der Waals surface area contributed by atoms with Crippen LogP contribution in [0.5, 0.6) is 5.75 Å². The zero-order valence-corrected chi connectivity index (χ0v) is 14.0. The van der Waals surface area contributed by atoms with Gasteiger partial charge < -0.3 is 15.8 Å². The summed E-state index contributed by atoms with van der Waals surface area (Å²) in [4.78, 5) is 22.9. The van der Waals surface area contributed by atoms with Gasteiger partial charge in [-0.05, 0) is 61.7 Å². The number of nitrogens with one attached hydrogen (secondary N) is 1. The van der Waals surface area contributed by atoms with E-state index in [9.17, 15) is 9.59 Å². The van der Waals surface area contributed by atoms with Crippen LogP contribution in [0.15, 0.2) is 42.5 Å². The lowest BCUT2D eigenvalue weighted by atomic mass is 10.1. The van der Waals surface area contributed by atoms with Gasteiger partial charge in [0.2, 0.25) is 11.8 Å². The number of anilines is 1. The van der Waals surface area contributed by atoms with Crippen LogP contribution in [0.2, 0.25) is 0 Å². The number of carbonyl (C=O) groups excluding carboxylic acids is 2. The molecule has 0 aromatic heterocycles. The summed E-state index contributed by atoms with van der Waals surface area (Å²) in [7, 11) is 0. The Balaban J connectivity index is 1.75. The summed E-state index contributed by atoms with van der Waals surface area (Å²) in [6.07, 6.45) is 0.987. The first-order valence-corrected chi connectivity index (χ1v) is 7.85. The molecule has 0 bridgehead atoms. The Morgan fingerprint density at radius 3 is 2.46 bits per heavy atom. The topological polar surface area (TPSA) is 81.4 Å². The van der Waals surface area contributed by atoms with E-state index in [1.165, 1.54) is 0 Å². The van der Waals surface area contributed by atoms with E-state index in [1.54, 1.807) is 24.3 Å². The smallest absolute Gasteiger partial charge is 0.248 e. The molecule has 24 heavy (non-hydrogen) atoms. The molecule has 0 spiro atoms. The van der Waals surface area contributed by atoms with Gasteiger partial charge in [-0.3, -0.25) is 9.59 Å². The van der Waals surface area contributed by atoms with Crippen molar-refractivity contribution in [1.82, 2.24) is 0 Å². The summed E-state index contributed by atoms with van der Waals surface area (Å²) in [6.45, 7) is 4.50. The van der Waals surface area contributed by atoms with Crippen molar-refractivity contribution in [2.24, 2.45) is 5.73 Å². The van der Waals surface area contributed by atoms with Gasteiger partial charge in [0.25, 0.3) is 0 Å². The third-order valence-electron chi connectivity index (χ3n) is 3.60. The summed E-state index contributed by atoms with van der Waals surface area (Å²) in [5.74, 6) is 0.278. The minimum atomic E-state index is -0.489. The molecule has 0 aliphatic heterocycles. The zero-order chi connectivity index (χ0) is 17.5. The molecule has 0 atom stereocenters. The standard InChI is InChI=1S/C19H22N2O3/c1-13-5-6-14(2)17(12-13)24-11-3-4-18(22)21-16-9-7-15(8-10-16)19(20)23/h5-10,12H,3-4,11H2,1-2H3,(H2,20,23)(H,21,22). The van der Waals surface area contributed by atoms with Gasteiger partial charge in [0, 0.05) is 17.7 Å². The Morgan fingerprint density at radius 1 is 1.08 bits per heavy atom. The molecule has 0 heterocycles. The van der Waals surface area contributed by atoms with E-state index >= 15 is 0 Å². The van der Waals surface area contributed by atoms with Crippen molar-refractivity contribution in [2.45, 2.75) is 26.7 Å². The van der Waals surface area contributed by atoms with E-state index in [-0.39, 0.29) is 5.91 Å². The molecule has 0 unspecified atom stereocenters. The average Bonchev–Trinajstić information content (AvgIpc) is 2.55. The fraction of sp³-hybridized carbons (Fsp3) is 0.263. The highest BCUT2D eigenvalue weighted by molar-refractivity contribution is 5.94. The Kier molecular flexibility index (Phi) is 5.95. The Bertz CT molecular complexity index is 724. The third kappa shape index (κ3) is 5.12. The fourth-order valence-corrected chi connectivity index (χ4v) is 2.22. The van der Waals surface area contributed by atoms with Crippen molar-refractivity contribution in [3.63, 3.8) is 0 Å². The van der Waals surface area contributed by atoms with Crippen molar-refractivity contribution in [3.05, 3.63) is 59.2 Å². The van der Waals surface area contributed by atoms with Gasteiger partial charge in [-0.15, -0.1) is 0 Å². The van der Waals surface area contributed by atoms with Gasteiger partial charge in [0.15, 0.2) is 0 Å². The number of ether oxygens (including phenoxy) is 1. The normalized spacial score (nSPS) is 10.2. The molecule has 0 fully saturated rings. The maximum atomic E-state index is 11.9. The van der Waals surface area contributed by atoms with Gasteiger partial charge in [0.05, 0.1) is 6.61 Å². The van der Waals surface area contributed by atoms with Crippen LogP contribution in [0.3, 0.4) is 0 Å². The lowest BCUT2D eigenvalue weighted by molar-refractivity contribution is -0.116. The van der Waals surface area contributed by atoms with Crippen LogP contribution in [0.4, 0.5) is 5.69 Å². The molecule has 0 radical (unpaired) electrons. The van der Waals surface area contributed by atoms with Gasteiger partial charge in [-0.1, -0.05) is 12.1 Å². The van der Waals surface area contributed by atoms with Crippen molar-refractivity contribution in [2.75, 3.05) is 11.9 Å². The summed E-state index contributed by atoms with van der Waals surface area (Å²) < 4.78 is 5.73. The minimum Gasteiger partial charge on any atom is -0.493 e. The maximum Gasteiger partial charge on any atom is 0.248 e. The van der Waals surface area contributed by atoms with E-state index in [1.807, 2.05) is 32.0 Å². The number of primary amides is 1. The van der Waals surface area contributed by atoms with Crippen LogP contribution < -0.4 is 15.8 Å². The molecule has 2 aromatic rings. The number of hydrogen-bond donors (Lipinski definition) is 2. The van der Waals surface area contributed by atoms with Gasteiger partial charge >= 0.3 is 0 Å². The van der Waals surface area contributed by atoms with Crippen molar-refractivity contribution < 1.29 is 14.3 Å². The van der Waals surface area contributed by atoms with E-state index in [2.05, 4.69) is 5.32 Å². The van der Waals surface area contributed by atoms with Crippen LogP contribution in [0.25, 0.3) is 0 Å². The van der Waals surface area contributed by atoms with E-state index < -0.39 is 5.91 Å². The van der Waals surface area contributed by atoms with Crippen LogP contribution in [-0.4, -0.2) is 18.4 Å². The number of carbonyl (C=O) groups is 2. The molecule has 2 aromatic carbocycles. The summed E-state index contributed by atoms with van der Waals surface area (Å²) in [6, 6.07) is 12.5. The van der Waals surface area contributed by atoms with Crippen molar-refractivity contribution in [3.8, 4) is 5.75 Å². The fourth-order valence-electron chi connectivity index (χ4n) is 2.22. The molecule has 5 nitrogen and oxygen atoms in total. The highest BCUT2D eigenvalue weighted by Gasteiger charge is 2.05. The molecule has 5 heteroatoms. The molecule has 2 rings (SSSR count). The molecule has 3 N–H and O–H groups in total. The number of nitrogens with two attached hydrogens (primary N) is 1. The molecular formula is C19H22N2O3. The first kappa shape index (κ1) is 17.5. The molecule has 0 aliphatic rings. The van der Waals surface area contributed by atoms with Gasteiger partial charge in [-0.2, -0.15) is 0 Å². The molecule has 2 amide bonds. The Labute approximate surface area is 141 Å². The number of hydrogen-bond acceptors (Lipinski definition) is 3. The first-order chi connectivity index (χ1) is 11.5. The number of amides is 2. The monoisotopic (exact) mass is 326 g/mol. The molecule has 0 aliphatic carbocycles. The number of aryl methyl sites for hydroxylation is 2. The predicted molar refractivity (Wildman–Crippen MR) is 94.2 cm³/mol. The second-order valence-corrected chi connectivity index (χ2v) is 5.71. The summed E-state index contributed by atoms with van der Waals surface area (Å²) in [5.41, 5.74) is 8.45. The largest absolute Gasteiger partial charge is 0.493 e. The lowest BCUT2D eigenvalue weighted by Gasteiger charge is -2.10. The Hall–Kier alpha value is -2.82. The number of rotatable bonds is 7. The van der Waals surface area contributed by atoms with E-state index in [0.29, 0.717) is 30.7 Å². The van der Waals surface area contributed by atoms with Gasteiger partial charge in [0.1, 0.15) is 5.75 Å². The van der Waals surface area contributed by atoms with Crippen LogP contribution >= 0.6 is 0 Å². The maximum absolute atomic E-state index is 11.9. The SMILES string of the molecule is Cc1ccc(C)c(OCCCC(=O)Nc2ccc(C(N)=O)cc2)c1.